The number of hydrazine groups is 1. The molecule has 1 aromatic carbocycles. The van der Waals surface area contributed by atoms with E-state index in [1.54, 1.807) is 5.01 Å². The molecule has 1 saturated carbocycles. The van der Waals surface area contributed by atoms with Gasteiger partial charge >= 0.3 is 0 Å². The molecule has 25 heavy (non-hydrogen) atoms. The van der Waals surface area contributed by atoms with Gasteiger partial charge in [0.05, 0.1) is 0 Å². The van der Waals surface area contributed by atoms with E-state index in [0.717, 1.165) is 42.5 Å². The van der Waals surface area contributed by atoms with Gasteiger partial charge in [0.15, 0.2) is 5.82 Å². The number of halogens is 1. The number of hydrogen-bond acceptors (Lipinski definition) is 5. The van der Waals surface area contributed by atoms with E-state index in [1.165, 1.54) is 6.20 Å². The molecule has 0 radical (unpaired) electrons. The lowest BCUT2D eigenvalue weighted by Gasteiger charge is -2.26. The maximum Gasteiger partial charge on any atom is 0.261 e. The fourth-order valence-corrected chi connectivity index (χ4v) is 3.39. The predicted molar refractivity (Wildman–Crippen MR) is 99.8 cm³/mol. The van der Waals surface area contributed by atoms with Crippen LogP contribution in [0.5, 0.6) is 0 Å². The van der Waals surface area contributed by atoms with E-state index < -0.39 is 0 Å². The molecular formula is C18H22ClN5O. The maximum atomic E-state index is 12.9. The summed E-state index contributed by atoms with van der Waals surface area (Å²) in [6.07, 6.45) is 5.65. The van der Waals surface area contributed by atoms with Crippen molar-refractivity contribution in [2.45, 2.75) is 45.6 Å². The molecule has 2 aromatic rings. The average Bonchev–Trinajstić information content (AvgIpc) is 3.12. The third kappa shape index (κ3) is 3.75. The van der Waals surface area contributed by atoms with E-state index >= 15 is 0 Å². The summed E-state index contributed by atoms with van der Waals surface area (Å²) >= 11 is 5.95. The minimum Gasteiger partial charge on any atom is -0.321 e. The van der Waals surface area contributed by atoms with E-state index in [9.17, 15) is 4.79 Å². The van der Waals surface area contributed by atoms with Crippen LogP contribution in [0.3, 0.4) is 0 Å². The van der Waals surface area contributed by atoms with Crippen molar-refractivity contribution < 1.29 is 4.79 Å². The van der Waals surface area contributed by atoms with E-state index in [0.29, 0.717) is 11.4 Å². The molecule has 3 rings (SSSR count). The number of nitrogens with one attached hydrogen (secondary N) is 1. The average molecular weight is 360 g/mol. The van der Waals surface area contributed by atoms with Crippen LogP contribution in [0.2, 0.25) is 5.28 Å². The second-order valence-electron chi connectivity index (χ2n) is 6.44. The normalized spacial score (nSPS) is 14.6. The van der Waals surface area contributed by atoms with Crippen LogP contribution in [0, 0.1) is 13.8 Å². The van der Waals surface area contributed by atoms with Crippen molar-refractivity contribution in [3.05, 3.63) is 46.4 Å². The molecule has 1 amide bonds. The second kappa shape index (κ2) is 7.37. The number of aryl methyl sites for hydroxylation is 2. The maximum absolute atomic E-state index is 12.9. The molecule has 0 saturated heterocycles. The van der Waals surface area contributed by atoms with Crippen molar-refractivity contribution in [1.29, 1.82) is 0 Å². The van der Waals surface area contributed by atoms with Crippen LogP contribution in [0.4, 0.5) is 11.5 Å². The number of carbonyl (C=O) groups excluding carboxylic acids is 1. The van der Waals surface area contributed by atoms with Crippen LogP contribution in [-0.4, -0.2) is 21.9 Å². The fourth-order valence-electron chi connectivity index (χ4n) is 3.26. The number of amides is 1. The van der Waals surface area contributed by atoms with Crippen molar-refractivity contribution >= 4 is 29.0 Å². The molecule has 6 nitrogen and oxygen atoms in total. The Kier molecular flexibility index (Phi) is 5.20. The van der Waals surface area contributed by atoms with Gasteiger partial charge in [-0.15, -0.1) is 0 Å². The van der Waals surface area contributed by atoms with Crippen molar-refractivity contribution in [2.75, 3.05) is 10.3 Å². The molecule has 1 fully saturated rings. The Labute approximate surface area is 152 Å². The first-order valence-corrected chi connectivity index (χ1v) is 8.79. The molecule has 1 heterocycles. The van der Waals surface area contributed by atoms with Gasteiger partial charge in [-0.2, -0.15) is 4.98 Å². The van der Waals surface area contributed by atoms with Gasteiger partial charge < -0.3 is 5.32 Å². The first-order chi connectivity index (χ1) is 12.0. The number of nitrogens with two attached hydrogens (primary N) is 1. The molecule has 0 atom stereocenters. The molecule has 7 heteroatoms. The van der Waals surface area contributed by atoms with Gasteiger partial charge in [-0.25, -0.2) is 10.8 Å². The van der Waals surface area contributed by atoms with Gasteiger partial charge in [0.2, 0.25) is 5.28 Å². The summed E-state index contributed by atoms with van der Waals surface area (Å²) in [6.45, 7) is 3.91. The number of rotatable bonds is 4. The first kappa shape index (κ1) is 17.6. The van der Waals surface area contributed by atoms with Gasteiger partial charge in [-0.3, -0.25) is 9.80 Å². The summed E-state index contributed by atoms with van der Waals surface area (Å²) < 4.78 is 0. The lowest BCUT2D eigenvalue weighted by Crippen LogP contribution is -2.41. The molecule has 0 aliphatic heterocycles. The molecule has 1 aliphatic carbocycles. The molecule has 1 aliphatic rings. The van der Waals surface area contributed by atoms with Crippen molar-refractivity contribution in [3.63, 3.8) is 0 Å². The summed E-state index contributed by atoms with van der Waals surface area (Å²) in [7, 11) is 0. The van der Waals surface area contributed by atoms with E-state index in [-0.39, 0.29) is 17.2 Å². The van der Waals surface area contributed by atoms with Crippen LogP contribution in [0.15, 0.2) is 24.4 Å². The molecule has 0 bridgehead atoms. The highest BCUT2D eigenvalue weighted by molar-refractivity contribution is 6.28. The number of para-hydroxylation sites is 1. The monoisotopic (exact) mass is 359 g/mol. The van der Waals surface area contributed by atoms with E-state index in [4.69, 9.17) is 17.4 Å². The van der Waals surface area contributed by atoms with Crippen molar-refractivity contribution in [1.82, 2.24) is 9.97 Å². The summed E-state index contributed by atoms with van der Waals surface area (Å²) in [5.74, 6) is 6.34. The molecule has 132 valence electrons. The molecule has 0 unspecified atom stereocenters. The van der Waals surface area contributed by atoms with Gasteiger partial charge in [0, 0.05) is 17.9 Å². The van der Waals surface area contributed by atoms with Crippen LogP contribution in [0.25, 0.3) is 0 Å². The third-order valence-corrected chi connectivity index (χ3v) is 4.85. The summed E-state index contributed by atoms with van der Waals surface area (Å²) in [6, 6.07) is 6.03. The van der Waals surface area contributed by atoms with Crippen molar-refractivity contribution in [3.8, 4) is 0 Å². The number of anilines is 2. The Balaban J connectivity index is 1.92. The standard InChI is InChI=1S/C18H22ClN5O/c1-11-6-5-7-12(2)15(11)22-17(25)14-10-21-18(19)23-16(14)24(20)13-8-3-4-9-13/h5-7,10,13H,3-4,8-9,20H2,1-2H3,(H,22,25). The molecule has 0 spiro atoms. The predicted octanol–water partition coefficient (Wildman–Crippen LogP) is 3.62. The van der Waals surface area contributed by atoms with Crippen molar-refractivity contribution in [2.24, 2.45) is 5.84 Å². The Morgan fingerprint density at radius 1 is 1.28 bits per heavy atom. The number of aromatic nitrogens is 2. The SMILES string of the molecule is Cc1cccc(C)c1NC(=O)c1cnc(Cl)nc1N(N)C1CCCC1. The zero-order valence-corrected chi connectivity index (χ0v) is 15.2. The summed E-state index contributed by atoms with van der Waals surface area (Å²) in [5.41, 5.74) is 3.09. The van der Waals surface area contributed by atoms with Crippen LogP contribution in [-0.2, 0) is 0 Å². The number of nitrogens with zero attached hydrogens (tertiary/aromatic N) is 3. The minimum atomic E-state index is -0.294. The minimum absolute atomic E-state index is 0.0760. The fraction of sp³-hybridized carbons (Fsp3) is 0.389. The second-order valence-corrected chi connectivity index (χ2v) is 6.78. The Bertz CT molecular complexity index is 769. The van der Waals surface area contributed by atoms with Gasteiger partial charge in [0.25, 0.3) is 5.91 Å². The van der Waals surface area contributed by atoms with Crippen LogP contribution in [0.1, 0.15) is 47.2 Å². The number of carbonyl (C=O) groups is 1. The lowest BCUT2D eigenvalue weighted by molar-refractivity contribution is 0.102. The molecule has 3 N–H and O–H groups in total. The smallest absolute Gasteiger partial charge is 0.261 e. The Morgan fingerprint density at radius 3 is 2.56 bits per heavy atom. The molecular weight excluding hydrogens is 338 g/mol. The zero-order valence-electron chi connectivity index (χ0n) is 14.4. The van der Waals surface area contributed by atoms with Crippen LogP contribution >= 0.6 is 11.6 Å². The van der Waals surface area contributed by atoms with Gasteiger partial charge in [0.1, 0.15) is 5.56 Å². The Hall–Kier alpha value is -2.18. The highest BCUT2D eigenvalue weighted by Gasteiger charge is 2.26. The largest absolute Gasteiger partial charge is 0.321 e. The zero-order chi connectivity index (χ0) is 18.0. The summed E-state index contributed by atoms with van der Waals surface area (Å²) in [4.78, 5) is 21.0. The third-order valence-electron chi connectivity index (χ3n) is 4.67. The van der Waals surface area contributed by atoms with Gasteiger partial charge in [-0.1, -0.05) is 31.0 Å². The van der Waals surface area contributed by atoms with E-state index in [2.05, 4.69) is 15.3 Å². The number of benzene rings is 1. The lowest BCUT2D eigenvalue weighted by atomic mass is 10.1. The Morgan fingerprint density at radius 2 is 1.92 bits per heavy atom. The van der Waals surface area contributed by atoms with Crippen LogP contribution < -0.4 is 16.2 Å². The highest BCUT2D eigenvalue weighted by Crippen LogP contribution is 2.28. The first-order valence-electron chi connectivity index (χ1n) is 8.41. The molecule has 1 aromatic heterocycles. The number of hydrogen-bond donors (Lipinski definition) is 2. The van der Waals surface area contributed by atoms with Gasteiger partial charge in [-0.05, 0) is 49.4 Å². The van der Waals surface area contributed by atoms with E-state index in [1.807, 2.05) is 32.0 Å². The quantitative estimate of drug-likeness (QED) is 0.494. The topological polar surface area (TPSA) is 84.1 Å². The highest BCUT2D eigenvalue weighted by atomic mass is 35.5. The summed E-state index contributed by atoms with van der Waals surface area (Å²) in [5, 5.41) is 4.60.